The number of rotatable bonds is 3. The van der Waals surface area contributed by atoms with Gasteiger partial charge in [-0.05, 0) is 12.1 Å². The predicted molar refractivity (Wildman–Crippen MR) is 80.9 cm³/mol. The van der Waals surface area contributed by atoms with E-state index in [4.69, 9.17) is 13.0 Å². The monoisotopic (exact) mass is 480 g/mol. The molecule has 0 unspecified atom stereocenters. The van der Waals surface area contributed by atoms with Crippen molar-refractivity contribution in [2.24, 2.45) is 0 Å². The van der Waals surface area contributed by atoms with Gasteiger partial charge in [0.2, 0.25) is 5.82 Å². The van der Waals surface area contributed by atoms with Crippen LogP contribution in [-0.4, -0.2) is 69.0 Å². The first kappa shape index (κ1) is 27.9. The Kier molecular flexibility index (Phi) is 8.29. The van der Waals surface area contributed by atoms with Crippen LogP contribution in [0.4, 0.5) is 45.3 Å². The van der Waals surface area contributed by atoms with E-state index < -0.39 is 45.6 Å². The van der Waals surface area contributed by atoms with Gasteiger partial charge >= 0.3 is 23.8 Å². The highest BCUT2D eigenvalue weighted by Gasteiger charge is 2.60. The minimum atomic E-state index is -6.09. The minimum Gasteiger partial charge on any atom is -0.741 e. The number of esters is 1. The highest BCUT2D eigenvalue weighted by Crippen LogP contribution is 2.36. The maximum absolute atomic E-state index is 12.4. The van der Waals surface area contributed by atoms with Crippen LogP contribution in [0.2, 0.25) is 0 Å². The summed E-state index contributed by atoms with van der Waals surface area (Å²) in [5.41, 5.74) is -6.11. The van der Waals surface area contributed by atoms with Crippen LogP contribution >= 0.6 is 0 Å². The van der Waals surface area contributed by atoms with Gasteiger partial charge in [-0.25, -0.2) is 18.2 Å². The molecule has 0 bridgehead atoms. The highest BCUT2D eigenvalue weighted by molar-refractivity contribution is 7.86. The third-order valence-corrected chi connectivity index (χ3v) is 3.31. The molecule has 1 rings (SSSR count). The lowest BCUT2D eigenvalue weighted by atomic mass is 10.2. The second-order valence-corrected chi connectivity index (χ2v) is 7.53. The van der Waals surface area contributed by atoms with Gasteiger partial charge < -0.3 is 9.29 Å². The second-order valence-electron chi connectivity index (χ2n) is 6.16. The summed E-state index contributed by atoms with van der Waals surface area (Å²) in [5.74, 6) is -1.76. The molecule has 0 atom stereocenters. The molecule has 0 spiro atoms. The van der Waals surface area contributed by atoms with Gasteiger partial charge in [0, 0.05) is 6.20 Å². The van der Waals surface area contributed by atoms with Crippen molar-refractivity contribution in [3.63, 3.8) is 0 Å². The number of carbonyl (C=O) groups is 1. The van der Waals surface area contributed by atoms with Gasteiger partial charge in [-0.1, -0.05) is 0 Å². The first-order valence-electron chi connectivity index (χ1n) is 7.13. The van der Waals surface area contributed by atoms with E-state index in [0.29, 0.717) is 0 Å². The third kappa shape index (κ3) is 8.31. The van der Waals surface area contributed by atoms with Gasteiger partial charge in [0.25, 0.3) is 6.10 Å². The molecular weight excluding hydrogens is 467 g/mol. The molecule has 7 nitrogen and oxygen atoms in total. The summed E-state index contributed by atoms with van der Waals surface area (Å²) in [5, 5.41) is 0. The van der Waals surface area contributed by atoms with Crippen LogP contribution in [-0.2, 0) is 14.9 Å². The standard InChI is InChI=1S/C12H13F6N2O2.CHF3O3S/c1-20(2,3)8-7(5-4-6-19-8)9(21)22-10(11(13,14)15)12(16,17)18;2-1(3,4)8(5,6)7/h4-6,10H,1-3H3;(H,5,6,7)/q+1;/p-1. The van der Waals surface area contributed by atoms with Crippen LogP contribution < -0.4 is 4.48 Å². The molecule has 0 saturated carbocycles. The summed E-state index contributed by atoms with van der Waals surface area (Å²) in [6.07, 6.45) is -14.4. The van der Waals surface area contributed by atoms with Gasteiger partial charge in [-0.2, -0.15) is 39.5 Å². The molecule has 0 saturated heterocycles. The molecule has 0 aliphatic carbocycles. The molecule has 0 N–H and O–H groups in total. The number of quaternary nitrogens is 1. The van der Waals surface area contributed by atoms with Crippen molar-refractivity contribution < 1.29 is 62.0 Å². The predicted octanol–water partition coefficient (Wildman–Crippen LogP) is 2.98. The molecule has 0 aromatic carbocycles. The van der Waals surface area contributed by atoms with E-state index in [1.165, 1.54) is 12.3 Å². The lowest BCUT2D eigenvalue weighted by Gasteiger charge is -2.25. The normalized spacial score (nSPS) is 13.5. The molecule has 1 aromatic heterocycles. The SMILES string of the molecule is C[N+](C)(C)c1ncccc1C(=O)OC(C(F)(F)F)C(F)(F)F.O=S(=O)([O-])C(F)(F)F. The van der Waals surface area contributed by atoms with E-state index in [1.54, 1.807) is 21.1 Å². The number of alkyl halides is 9. The quantitative estimate of drug-likeness (QED) is 0.217. The van der Waals surface area contributed by atoms with Gasteiger partial charge in [-0.3, -0.25) is 4.48 Å². The lowest BCUT2D eigenvalue weighted by molar-refractivity contribution is -0.307. The maximum atomic E-state index is 12.4. The molecule has 0 amide bonds. The molecule has 174 valence electrons. The molecule has 1 aromatic rings. The number of carbonyl (C=O) groups excluding carboxylic acids is 1. The molecule has 0 radical (unpaired) electrons. The van der Waals surface area contributed by atoms with E-state index in [9.17, 15) is 44.3 Å². The van der Waals surface area contributed by atoms with Crippen molar-refractivity contribution >= 4 is 21.9 Å². The topological polar surface area (TPSA) is 96.4 Å². The van der Waals surface area contributed by atoms with Crippen molar-refractivity contribution in [3.8, 4) is 0 Å². The smallest absolute Gasteiger partial charge is 0.485 e. The van der Waals surface area contributed by atoms with Crippen LogP contribution in [0.25, 0.3) is 0 Å². The van der Waals surface area contributed by atoms with Gasteiger partial charge in [0.1, 0.15) is 5.56 Å². The summed E-state index contributed by atoms with van der Waals surface area (Å²) in [6, 6.07) is 2.27. The zero-order valence-corrected chi connectivity index (χ0v) is 15.9. The van der Waals surface area contributed by atoms with Crippen LogP contribution in [0.1, 0.15) is 10.4 Å². The van der Waals surface area contributed by atoms with Crippen molar-refractivity contribution in [1.29, 1.82) is 0 Å². The summed E-state index contributed by atoms with van der Waals surface area (Å²) in [7, 11) is -1.45. The molecule has 0 fully saturated rings. The molecule has 1 heterocycles. The Balaban J connectivity index is 0.000000890. The molecular formula is C13H13F9N2O5S. The Hall–Kier alpha value is -2.14. The average molecular weight is 480 g/mol. The molecule has 0 aliphatic heterocycles. The first-order valence-corrected chi connectivity index (χ1v) is 8.54. The first-order chi connectivity index (χ1) is 13.0. The minimum absolute atomic E-state index is 0.0180. The van der Waals surface area contributed by atoms with Crippen LogP contribution in [0, 0.1) is 0 Å². The Morgan fingerprint density at radius 2 is 1.43 bits per heavy atom. The van der Waals surface area contributed by atoms with Crippen molar-refractivity contribution in [2.45, 2.75) is 24.0 Å². The fourth-order valence-electron chi connectivity index (χ4n) is 1.58. The Morgan fingerprint density at radius 1 is 1.03 bits per heavy atom. The number of halogens is 9. The number of nitrogens with zero attached hydrogens (tertiary/aromatic N) is 2. The number of hydrogen-bond acceptors (Lipinski definition) is 6. The lowest BCUT2D eigenvalue weighted by Crippen LogP contribution is -2.46. The second kappa shape index (κ2) is 8.93. The zero-order chi connectivity index (χ0) is 24.3. The van der Waals surface area contributed by atoms with E-state index in [2.05, 4.69) is 9.72 Å². The summed E-state index contributed by atoms with van der Waals surface area (Å²) >= 11 is 0. The number of ether oxygens (including phenoxy) is 1. The van der Waals surface area contributed by atoms with Gasteiger partial charge in [0.05, 0.1) is 21.1 Å². The van der Waals surface area contributed by atoms with Crippen molar-refractivity contribution in [3.05, 3.63) is 23.9 Å². The third-order valence-electron chi connectivity index (χ3n) is 2.74. The van der Waals surface area contributed by atoms with Crippen LogP contribution in [0.3, 0.4) is 0 Å². The highest BCUT2D eigenvalue weighted by atomic mass is 32.2. The maximum Gasteiger partial charge on any atom is 0.485 e. The fraction of sp³-hybridized carbons (Fsp3) is 0.538. The van der Waals surface area contributed by atoms with Gasteiger partial charge in [0.15, 0.2) is 10.1 Å². The summed E-state index contributed by atoms with van der Waals surface area (Å²) in [6.45, 7) is 0. The van der Waals surface area contributed by atoms with Gasteiger partial charge in [-0.15, -0.1) is 0 Å². The largest absolute Gasteiger partial charge is 0.741 e. The van der Waals surface area contributed by atoms with E-state index >= 15 is 0 Å². The molecule has 0 aliphatic rings. The molecule has 30 heavy (non-hydrogen) atoms. The Morgan fingerprint density at radius 3 is 1.73 bits per heavy atom. The van der Waals surface area contributed by atoms with E-state index in [0.717, 1.165) is 6.07 Å². The van der Waals surface area contributed by atoms with Crippen molar-refractivity contribution in [2.75, 3.05) is 21.1 Å². The zero-order valence-electron chi connectivity index (χ0n) is 15.1. The number of aromatic nitrogens is 1. The van der Waals surface area contributed by atoms with Crippen molar-refractivity contribution in [1.82, 2.24) is 9.47 Å². The number of hydrogen-bond donors (Lipinski definition) is 0. The van der Waals surface area contributed by atoms with Crippen LogP contribution in [0.5, 0.6) is 0 Å². The summed E-state index contributed by atoms with van der Waals surface area (Å²) in [4.78, 5) is 15.6. The average Bonchev–Trinajstić information content (AvgIpc) is 2.48. The Bertz CT molecular complexity index is 828. The van der Waals surface area contributed by atoms with E-state index in [-0.39, 0.29) is 10.3 Å². The Labute approximate surface area is 163 Å². The fourth-order valence-corrected chi connectivity index (χ4v) is 1.58. The van der Waals surface area contributed by atoms with E-state index in [1.807, 2.05) is 0 Å². The van der Waals surface area contributed by atoms with Crippen LogP contribution in [0.15, 0.2) is 18.3 Å². The number of pyridine rings is 1. The molecule has 17 heteroatoms. The summed E-state index contributed by atoms with van der Waals surface area (Å²) < 4.78 is 137.